The van der Waals surface area contributed by atoms with Crippen LogP contribution in [-0.4, -0.2) is 13.1 Å². The Morgan fingerprint density at radius 3 is 3.00 bits per heavy atom. The van der Waals surface area contributed by atoms with Crippen LogP contribution in [0.25, 0.3) is 0 Å². The summed E-state index contributed by atoms with van der Waals surface area (Å²) < 4.78 is 6.31. The maximum Gasteiger partial charge on any atom is 0.343 e. The molecule has 0 aliphatic carbocycles. The average Bonchev–Trinajstić information content (AvgIpc) is 2.18. The summed E-state index contributed by atoms with van der Waals surface area (Å²) in [4.78, 5) is 11.1. The number of esters is 1. The van der Waals surface area contributed by atoms with Crippen molar-refractivity contribution in [2.75, 3.05) is 7.11 Å². The van der Waals surface area contributed by atoms with Gasteiger partial charge in [-0.25, -0.2) is 4.79 Å². The number of aromatic nitrogens is 1. The highest BCUT2D eigenvalue weighted by atomic mass is 79.9. The molecule has 14 heavy (non-hydrogen) atoms. The number of nitrogens with zero attached hydrogens (tertiary/aromatic N) is 1. The maximum atomic E-state index is 11.1. The number of carbonyl (C=O) groups is 1. The Bertz CT molecular complexity index is 357. The van der Waals surface area contributed by atoms with Crippen LogP contribution >= 0.6 is 0 Å². The van der Waals surface area contributed by atoms with Gasteiger partial charge in [0.1, 0.15) is 5.56 Å². The Morgan fingerprint density at radius 1 is 1.71 bits per heavy atom. The molecule has 0 aliphatic heterocycles. The van der Waals surface area contributed by atoms with Crippen molar-refractivity contribution in [3.05, 3.63) is 30.1 Å². The number of rotatable bonds is 2. The first-order valence-electron chi connectivity index (χ1n) is 3.79. The first kappa shape index (κ1) is 12.7. The second-order valence-electron chi connectivity index (χ2n) is 2.46. The minimum Gasteiger partial charge on any atom is -1.00 e. The fraction of sp³-hybridized carbons (Fsp3) is 0.200. The van der Waals surface area contributed by atoms with Crippen molar-refractivity contribution in [1.82, 2.24) is 0 Å². The zero-order valence-electron chi connectivity index (χ0n) is 7.74. The maximum absolute atomic E-state index is 11.1. The van der Waals surface area contributed by atoms with Crippen LogP contribution in [0.3, 0.4) is 0 Å². The molecule has 0 fully saturated rings. The van der Waals surface area contributed by atoms with Gasteiger partial charge in [-0.05, 0) is 12.0 Å². The van der Waals surface area contributed by atoms with Crippen LogP contribution in [0.15, 0.2) is 24.5 Å². The van der Waals surface area contributed by atoms with E-state index in [4.69, 9.17) is 6.42 Å². The van der Waals surface area contributed by atoms with Gasteiger partial charge in [-0.15, -0.1) is 6.42 Å². The summed E-state index contributed by atoms with van der Waals surface area (Å²) >= 11 is 0. The lowest BCUT2D eigenvalue weighted by Gasteiger charge is -1.96. The van der Waals surface area contributed by atoms with Gasteiger partial charge in [-0.3, -0.25) is 0 Å². The molecule has 0 atom stereocenters. The number of pyridine rings is 1. The number of hydrogen-bond acceptors (Lipinski definition) is 2. The number of carbonyl (C=O) groups excluding carboxylic acids is 1. The molecule has 1 aromatic heterocycles. The topological polar surface area (TPSA) is 30.2 Å². The molecule has 0 amide bonds. The monoisotopic (exact) mass is 255 g/mol. The van der Waals surface area contributed by atoms with Gasteiger partial charge >= 0.3 is 5.97 Å². The molecular formula is C10H10BrNO2. The summed E-state index contributed by atoms with van der Waals surface area (Å²) in [5, 5.41) is 0. The van der Waals surface area contributed by atoms with Crippen molar-refractivity contribution in [2.24, 2.45) is 0 Å². The summed E-state index contributed by atoms with van der Waals surface area (Å²) in [6.45, 7) is 0.449. The minimum atomic E-state index is -0.355. The van der Waals surface area contributed by atoms with Crippen LogP contribution < -0.4 is 21.5 Å². The number of methoxy groups -OCH3 is 1. The number of halogens is 1. The van der Waals surface area contributed by atoms with E-state index in [1.807, 2.05) is 0 Å². The van der Waals surface area contributed by atoms with Crippen molar-refractivity contribution in [2.45, 2.75) is 6.54 Å². The van der Waals surface area contributed by atoms with Gasteiger partial charge in [0.15, 0.2) is 12.4 Å². The van der Waals surface area contributed by atoms with E-state index in [2.05, 4.69) is 10.7 Å². The average molecular weight is 256 g/mol. The fourth-order valence-electron chi connectivity index (χ4n) is 0.964. The summed E-state index contributed by atoms with van der Waals surface area (Å²) in [5.74, 6) is 2.12. The highest BCUT2D eigenvalue weighted by molar-refractivity contribution is 5.88. The van der Waals surface area contributed by atoms with Crippen LogP contribution in [-0.2, 0) is 11.3 Å². The molecule has 4 heteroatoms. The van der Waals surface area contributed by atoms with E-state index < -0.39 is 0 Å². The third-order valence-corrected chi connectivity index (χ3v) is 1.55. The molecule has 74 valence electrons. The third-order valence-electron chi connectivity index (χ3n) is 1.55. The van der Waals surface area contributed by atoms with E-state index in [9.17, 15) is 4.79 Å². The predicted molar refractivity (Wildman–Crippen MR) is 46.8 cm³/mol. The second kappa shape index (κ2) is 6.17. The third kappa shape index (κ3) is 3.19. The van der Waals surface area contributed by atoms with Gasteiger partial charge in [0, 0.05) is 6.07 Å². The number of ether oxygens (including phenoxy) is 1. The zero-order valence-corrected chi connectivity index (χ0v) is 9.32. The van der Waals surface area contributed by atoms with Gasteiger partial charge < -0.3 is 21.7 Å². The molecule has 0 N–H and O–H groups in total. The normalized spacial score (nSPS) is 8.29. The van der Waals surface area contributed by atoms with Crippen LogP contribution in [0.2, 0.25) is 0 Å². The molecule has 0 unspecified atom stereocenters. The summed E-state index contributed by atoms with van der Waals surface area (Å²) in [7, 11) is 1.35. The molecule has 1 rings (SSSR count). The Hall–Kier alpha value is -1.34. The summed E-state index contributed by atoms with van der Waals surface area (Å²) in [5.41, 5.74) is 0.500. The molecule has 0 aromatic carbocycles. The Labute approximate surface area is 93.5 Å². The molecule has 0 spiro atoms. The summed E-state index contributed by atoms with van der Waals surface area (Å²) in [6, 6.07) is 3.43. The number of hydrogen-bond donors (Lipinski definition) is 0. The quantitative estimate of drug-likeness (QED) is 0.330. The molecular weight excluding hydrogens is 246 g/mol. The van der Waals surface area contributed by atoms with Gasteiger partial charge in [0.25, 0.3) is 0 Å². The molecule has 0 saturated carbocycles. The van der Waals surface area contributed by atoms with E-state index >= 15 is 0 Å². The van der Waals surface area contributed by atoms with E-state index in [0.717, 1.165) is 0 Å². The van der Waals surface area contributed by atoms with Crippen LogP contribution in [0.4, 0.5) is 0 Å². The molecule has 0 bridgehead atoms. The first-order valence-corrected chi connectivity index (χ1v) is 3.79. The largest absolute Gasteiger partial charge is 1.00 e. The lowest BCUT2D eigenvalue weighted by atomic mass is 10.3. The van der Waals surface area contributed by atoms with Crippen molar-refractivity contribution >= 4 is 5.97 Å². The standard InChI is InChI=1S/C10H10NO2.BrH/c1-3-6-11-7-4-5-9(8-11)10(12)13-2;/h1,4-5,7-8H,6H2,2H3;1H/q+1;/p-1. The molecule has 0 radical (unpaired) electrons. The van der Waals surface area contributed by atoms with Crippen LogP contribution in [0, 0.1) is 12.3 Å². The van der Waals surface area contributed by atoms with Gasteiger partial charge in [0.2, 0.25) is 6.54 Å². The van der Waals surface area contributed by atoms with E-state index in [-0.39, 0.29) is 23.0 Å². The molecule has 1 heterocycles. The van der Waals surface area contributed by atoms with Gasteiger partial charge in [-0.2, -0.15) is 4.57 Å². The van der Waals surface area contributed by atoms with Gasteiger partial charge in [-0.1, -0.05) is 0 Å². The Morgan fingerprint density at radius 2 is 2.43 bits per heavy atom. The van der Waals surface area contributed by atoms with E-state index in [0.29, 0.717) is 12.1 Å². The zero-order chi connectivity index (χ0) is 9.68. The van der Waals surface area contributed by atoms with Crippen molar-refractivity contribution in [1.29, 1.82) is 0 Å². The van der Waals surface area contributed by atoms with Crippen molar-refractivity contribution in [3.63, 3.8) is 0 Å². The lowest BCUT2D eigenvalue weighted by molar-refractivity contribution is -0.684. The van der Waals surface area contributed by atoms with Gasteiger partial charge in [0.05, 0.1) is 7.11 Å². The highest BCUT2D eigenvalue weighted by Gasteiger charge is 2.09. The predicted octanol–water partition coefficient (Wildman–Crippen LogP) is -2.60. The van der Waals surface area contributed by atoms with Crippen LogP contribution in [0.1, 0.15) is 10.4 Å². The molecule has 0 saturated heterocycles. The lowest BCUT2D eigenvalue weighted by Crippen LogP contribution is -3.00. The van der Waals surface area contributed by atoms with Crippen molar-refractivity contribution < 1.29 is 31.1 Å². The first-order chi connectivity index (χ1) is 6.27. The molecule has 0 aliphatic rings. The molecule has 1 aromatic rings. The van der Waals surface area contributed by atoms with E-state index in [1.165, 1.54) is 7.11 Å². The SMILES string of the molecule is C#CC[n+]1cccc(C(=O)OC)c1.[Br-]. The van der Waals surface area contributed by atoms with E-state index in [1.54, 1.807) is 29.1 Å². The smallest absolute Gasteiger partial charge is 0.343 e. The Kier molecular flexibility index (Phi) is 5.58. The summed E-state index contributed by atoms with van der Waals surface area (Å²) in [6.07, 6.45) is 8.59. The fourth-order valence-corrected chi connectivity index (χ4v) is 0.964. The number of terminal acetylenes is 1. The Balaban J connectivity index is 0.00000169. The highest BCUT2D eigenvalue weighted by Crippen LogP contribution is 1.95. The minimum absolute atomic E-state index is 0. The molecule has 3 nitrogen and oxygen atoms in total. The second-order valence-corrected chi connectivity index (χ2v) is 2.46. The van der Waals surface area contributed by atoms with Crippen LogP contribution in [0.5, 0.6) is 0 Å². The van der Waals surface area contributed by atoms with Crippen molar-refractivity contribution in [3.8, 4) is 12.3 Å².